The van der Waals surface area contributed by atoms with E-state index in [1.165, 1.54) is 5.56 Å². The Kier molecular flexibility index (Phi) is 4.07. The summed E-state index contributed by atoms with van der Waals surface area (Å²) in [5.41, 5.74) is 3.33. The molecule has 0 atom stereocenters. The molecule has 0 aromatic heterocycles. The number of thiol groups is 1. The van der Waals surface area contributed by atoms with Gasteiger partial charge in [0.15, 0.2) is 0 Å². The highest BCUT2D eigenvalue weighted by Gasteiger charge is 2.42. The summed E-state index contributed by atoms with van der Waals surface area (Å²) in [6, 6.07) is 4.10. The number of halogens is 1. The van der Waals surface area contributed by atoms with Crippen molar-refractivity contribution in [2.45, 2.75) is 33.1 Å². The normalized spacial score (nSPS) is 16.4. The van der Waals surface area contributed by atoms with Crippen LogP contribution in [0.5, 0.6) is 0 Å². The lowest BCUT2D eigenvalue weighted by Crippen LogP contribution is -2.19. The van der Waals surface area contributed by atoms with Crippen molar-refractivity contribution >= 4 is 40.2 Å². The molecule has 1 amide bonds. The predicted octanol–water partition coefficient (Wildman–Crippen LogP) is 4.10. The minimum Gasteiger partial charge on any atom is -0.325 e. The van der Waals surface area contributed by atoms with Crippen molar-refractivity contribution in [3.05, 3.63) is 27.7 Å². The largest absolute Gasteiger partial charge is 0.325 e. The van der Waals surface area contributed by atoms with Crippen molar-refractivity contribution in [3.8, 4) is 0 Å². The Bertz CT molecular complexity index is 460. The second-order valence-corrected chi connectivity index (χ2v) is 6.49. The lowest BCUT2D eigenvalue weighted by Gasteiger charge is -2.15. The lowest BCUT2D eigenvalue weighted by molar-refractivity contribution is -0.117. The number of carbonyl (C=O) groups excluding carboxylic acids is 1. The van der Waals surface area contributed by atoms with Gasteiger partial charge in [0.05, 0.1) is 5.69 Å². The molecule has 1 aliphatic carbocycles. The summed E-state index contributed by atoms with van der Waals surface area (Å²) in [6.07, 6.45) is 2.83. The van der Waals surface area contributed by atoms with Crippen LogP contribution in [0.1, 0.15) is 30.4 Å². The molecule has 1 aromatic rings. The van der Waals surface area contributed by atoms with Gasteiger partial charge in [0.1, 0.15) is 0 Å². The molecule has 1 fully saturated rings. The molecule has 0 radical (unpaired) electrons. The summed E-state index contributed by atoms with van der Waals surface area (Å²) >= 11 is 7.84. The molecule has 0 bridgehead atoms. The molecule has 4 heteroatoms. The third-order valence-corrected chi connectivity index (χ3v) is 4.82. The highest BCUT2D eigenvalue weighted by atomic mass is 79.9. The molecule has 18 heavy (non-hydrogen) atoms. The van der Waals surface area contributed by atoms with E-state index in [-0.39, 0.29) is 11.3 Å². The maximum atomic E-state index is 12.1. The number of hydrogen-bond donors (Lipinski definition) is 2. The van der Waals surface area contributed by atoms with E-state index in [2.05, 4.69) is 39.9 Å². The smallest absolute Gasteiger partial charge is 0.224 e. The van der Waals surface area contributed by atoms with Crippen LogP contribution in [0.4, 0.5) is 5.69 Å². The number of hydrogen-bond acceptors (Lipinski definition) is 2. The van der Waals surface area contributed by atoms with Gasteiger partial charge in [-0.15, -0.1) is 0 Å². The summed E-state index contributed by atoms with van der Waals surface area (Å²) < 4.78 is 0.948. The van der Waals surface area contributed by atoms with Gasteiger partial charge in [-0.2, -0.15) is 12.6 Å². The van der Waals surface area contributed by atoms with Crippen molar-refractivity contribution in [2.24, 2.45) is 5.41 Å². The van der Waals surface area contributed by atoms with Gasteiger partial charge >= 0.3 is 0 Å². The lowest BCUT2D eigenvalue weighted by atomic mass is 10.0. The van der Waals surface area contributed by atoms with Crippen LogP contribution in [0.25, 0.3) is 0 Å². The Hall–Kier alpha value is -0.480. The van der Waals surface area contributed by atoms with Crippen LogP contribution in [0, 0.1) is 19.3 Å². The third kappa shape index (κ3) is 3.09. The number of rotatable bonds is 4. The fourth-order valence-electron chi connectivity index (χ4n) is 2.17. The zero-order chi connectivity index (χ0) is 13.3. The third-order valence-electron chi connectivity index (χ3n) is 3.52. The topological polar surface area (TPSA) is 29.1 Å². The van der Waals surface area contributed by atoms with Crippen LogP contribution in [-0.2, 0) is 4.79 Å². The number of nitrogens with one attached hydrogen (secondary N) is 1. The summed E-state index contributed by atoms with van der Waals surface area (Å²) in [6.45, 7) is 4.06. The summed E-state index contributed by atoms with van der Waals surface area (Å²) in [4.78, 5) is 12.1. The minimum atomic E-state index is 0.0919. The average molecular weight is 328 g/mol. The number of aryl methyl sites for hydroxylation is 2. The molecule has 1 aliphatic rings. The molecule has 0 saturated heterocycles. The van der Waals surface area contributed by atoms with Gasteiger partial charge in [0, 0.05) is 10.9 Å². The van der Waals surface area contributed by atoms with E-state index < -0.39 is 0 Å². The van der Waals surface area contributed by atoms with Crippen LogP contribution in [-0.4, -0.2) is 11.7 Å². The van der Waals surface area contributed by atoms with Gasteiger partial charge in [-0.25, -0.2) is 0 Å². The second kappa shape index (κ2) is 5.25. The predicted molar refractivity (Wildman–Crippen MR) is 82.4 cm³/mol. The Balaban J connectivity index is 2.07. The molecule has 1 aromatic carbocycles. The molecule has 1 saturated carbocycles. The first kappa shape index (κ1) is 13.9. The molecule has 0 heterocycles. The Morgan fingerprint density at radius 3 is 2.61 bits per heavy atom. The van der Waals surface area contributed by atoms with E-state index in [1.54, 1.807) is 0 Å². The molecule has 0 spiro atoms. The van der Waals surface area contributed by atoms with Crippen molar-refractivity contribution in [1.82, 2.24) is 0 Å². The Labute approximate surface area is 122 Å². The monoisotopic (exact) mass is 327 g/mol. The molecule has 2 nitrogen and oxygen atoms in total. The number of anilines is 1. The van der Waals surface area contributed by atoms with Crippen LogP contribution < -0.4 is 5.32 Å². The first-order valence-corrected chi connectivity index (χ1v) is 7.56. The van der Waals surface area contributed by atoms with Crippen LogP contribution >= 0.6 is 28.6 Å². The number of amides is 1. The van der Waals surface area contributed by atoms with Crippen molar-refractivity contribution < 1.29 is 4.79 Å². The van der Waals surface area contributed by atoms with Crippen LogP contribution in [0.2, 0.25) is 0 Å². The quantitative estimate of drug-likeness (QED) is 0.801. The van der Waals surface area contributed by atoms with Gasteiger partial charge in [0.2, 0.25) is 5.91 Å². The van der Waals surface area contributed by atoms with Crippen molar-refractivity contribution in [2.75, 3.05) is 11.1 Å². The molecule has 2 rings (SSSR count). The maximum Gasteiger partial charge on any atom is 0.224 e. The maximum absolute atomic E-state index is 12.1. The molecular weight excluding hydrogens is 310 g/mol. The molecule has 98 valence electrons. The fourth-order valence-corrected chi connectivity index (χ4v) is 3.37. The van der Waals surface area contributed by atoms with E-state index in [1.807, 2.05) is 19.9 Å². The van der Waals surface area contributed by atoms with Gasteiger partial charge in [-0.1, -0.05) is 6.07 Å². The standard InChI is InChI=1S/C14H18BrNOS/c1-9-5-10(2)13(11(15)6-9)16-12(17)7-14(8-18)3-4-14/h5-6,18H,3-4,7-8H2,1-2H3,(H,16,17). The summed E-state index contributed by atoms with van der Waals surface area (Å²) in [5.74, 6) is 0.892. The van der Waals surface area contributed by atoms with Crippen molar-refractivity contribution in [3.63, 3.8) is 0 Å². The highest BCUT2D eigenvalue weighted by Crippen LogP contribution is 2.49. The van der Waals surface area contributed by atoms with Gasteiger partial charge in [-0.3, -0.25) is 4.79 Å². The van der Waals surface area contributed by atoms with Gasteiger partial charge in [0.25, 0.3) is 0 Å². The zero-order valence-electron chi connectivity index (χ0n) is 10.7. The minimum absolute atomic E-state index is 0.0919. The summed E-state index contributed by atoms with van der Waals surface area (Å²) in [7, 11) is 0. The first-order valence-electron chi connectivity index (χ1n) is 6.13. The average Bonchev–Trinajstić information content (AvgIpc) is 3.04. The molecule has 0 unspecified atom stereocenters. The second-order valence-electron chi connectivity index (χ2n) is 5.32. The Morgan fingerprint density at radius 2 is 2.11 bits per heavy atom. The highest BCUT2D eigenvalue weighted by molar-refractivity contribution is 9.10. The molecule has 0 aliphatic heterocycles. The zero-order valence-corrected chi connectivity index (χ0v) is 13.2. The van der Waals surface area contributed by atoms with Crippen LogP contribution in [0.15, 0.2) is 16.6 Å². The fraction of sp³-hybridized carbons (Fsp3) is 0.500. The SMILES string of the molecule is Cc1cc(C)c(NC(=O)CC2(CS)CC2)c(Br)c1. The number of benzene rings is 1. The first-order chi connectivity index (χ1) is 8.46. The van der Waals surface area contributed by atoms with Crippen molar-refractivity contribution in [1.29, 1.82) is 0 Å². The molecular formula is C14H18BrNOS. The van der Waals surface area contributed by atoms with E-state index in [0.717, 1.165) is 34.3 Å². The van der Waals surface area contributed by atoms with Gasteiger partial charge < -0.3 is 5.32 Å². The van der Waals surface area contributed by atoms with Crippen LogP contribution in [0.3, 0.4) is 0 Å². The Morgan fingerprint density at radius 1 is 1.44 bits per heavy atom. The van der Waals surface area contributed by atoms with E-state index >= 15 is 0 Å². The van der Waals surface area contributed by atoms with E-state index in [0.29, 0.717) is 6.42 Å². The van der Waals surface area contributed by atoms with E-state index in [9.17, 15) is 4.79 Å². The number of carbonyl (C=O) groups is 1. The summed E-state index contributed by atoms with van der Waals surface area (Å²) in [5, 5.41) is 3.02. The van der Waals surface area contributed by atoms with Gasteiger partial charge in [-0.05, 0) is 71.0 Å². The van der Waals surface area contributed by atoms with E-state index in [4.69, 9.17) is 0 Å². The molecule has 1 N–H and O–H groups in total.